The lowest BCUT2D eigenvalue weighted by atomic mass is 10.1. The minimum absolute atomic E-state index is 0.116. The molecule has 10 heteroatoms. The highest BCUT2D eigenvalue weighted by molar-refractivity contribution is 5.81. The Kier molecular flexibility index (Phi) is 6.15. The molecule has 1 heterocycles. The van der Waals surface area contributed by atoms with Gasteiger partial charge in [0.05, 0.1) is 17.2 Å². The molecule has 1 aromatic heterocycles. The van der Waals surface area contributed by atoms with Crippen LogP contribution in [-0.2, 0) is 20.9 Å². The van der Waals surface area contributed by atoms with Crippen LogP contribution in [0.4, 0.5) is 5.69 Å². The van der Waals surface area contributed by atoms with Crippen molar-refractivity contribution in [3.05, 3.63) is 56.9 Å². The summed E-state index contributed by atoms with van der Waals surface area (Å²) in [6.45, 7) is 1.12. The molecule has 0 spiro atoms. The lowest BCUT2D eigenvalue weighted by Crippen LogP contribution is -2.36. The van der Waals surface area contributed by atoms with Crippen LogP contribution in [0.5, 0.6) is 0 Å². The number of hydrogen-bond donors (Lipinski definition) is 1. The van der Waals surface area contributed by atoms with E-state index in [0.29, 0.717) is 11.3 Å². The highest BCUT2D eigenvalue weighted by Crippen LogP contribution is 2.21. The molecular weight excluding hydrogens is 344 g/mol. The number of rotatable bonds is 7. The number of hydrogen-bond acceptors (Lipinski definition) is 7. The molecule has 2 rings (SSSR count). The van der Waals surface area contributed by atoms with E-state index in [9.17, 15) is 24.5 Å². The third-order valence-electron chi connectivity index (χ3n) is 3.25. The Morgan fingerprint density at radius 3 is 2.77 bits per heavy atom. The van der Waals surface area contributed by atoms with Crippen molar-refractivity contribution in [3.8, 4) is 11.3 Å². The Balaban J connectivity index is 2.16. The van der Waals surface area contributed by atoms with E-state index in [-0.39, 0.29) is 18.8 Å². The summed E-state index contributed by atoms with van der Waals surface area (Å²) in [4.78, 5) is 45.3. The van der Waals surface area contributed by atoms with Crippen molar-refractivity contribution in [1.29, 1.82) is 0 Å². The number of carbonyl (C=O) groups excluding carboxylic acids is 2. The Morgan fingerprint density at radius 1 is 1.31 bits per heavy atom. The van der Waals surface area contributed by atoms with Crippen molar-refractivity contribution < 1.29 is 19.2 Å². The molecule has 1 amide bonds. The normalized spacial score (nSPS) is 10.2. The number of amides is 1. The van der Waals surface area contributed by atoms with Crippen LogP contribution in [0.1, 0.15) is 6.92 Å². The monoisotopic (exact) mass is 360 g/mol. The predicted octanol–water partition coefficient (Wildman–Crippen LogP) is 0.498. The van der Waals surface area contributed by atoms with Gasteiger partial charge in [-0.3, -0.25) is 24.5 Å². The lowest BCUT2D eigenvalue weighted by Gasteiger charge is -2.08. The maximum absolute atomic E-state index is 11.9. The number of nitro groups is 1. The van der Waals surface area contributed by atoms with Crippen molar-refractivity contribution >= 4 is 17.6 Å². The summed E-state index contributed by atoms with van der Waals surface area (Å²) in [5.74, 6) is -1.18. The van der Waals surface area contributed by atoms with Gasteiger partial charge in [-0.2, -0.15) is 5.10 Å². The SMILES string of the molecule is CCOC(=O)CNC(=O)Cn1nc(-c2cccc([N+](=O)[O-])c2)ccc1=O. The molecule has 0 aliphatic rings. The molecule has 2 aromatic rings. The third kappa shape index (κ3) is 4.97. The maximum atomic E-state index is 11.9. The summed E-state index contributed by atoms with van der Waals surface area (Å²) in [7, 11) is 0. The molecule has 10 nitrogen and oxygen atoms in total. The number of nitro benzene ring substituents is 1. The standard InChI is InChI=1S/C16H16N4O6/c1-2-26-16(23)9-17-14(21)10-19-15(22)7-6-13(18-19)11-4-3-5-12(8-11)20(24)25/h3-8H,2,9-10H2,1H3,(H,17,21). The summed E-state index contributed by atoms with van der Waals surface area (Å²) in [5, 5.41) is 17.2. The zero-order valence-corrected chi connectivity index (χ0v) is 13.9. The number of esters is 1. The van der Waals surface area contributed by atoms with E-state index in [1.807, 2.05) is 0 Å². The maximum Gasteiger partial charge on any atom is 0.325 e. The molecule has 0 aliphatic carbocycles. The average molecular weight is 360 g/mol. The van der Waals surface area contributed by atoms with Gasteiger partial charge in [-0.05, 0) is 13.0 Å². The van der Waals surface area contributed by atoms with E-state index in [0.717, 1.165) is 4.68 Å². The minimum atomic E-state index is -0.594. The number of ether oxygens (including phenoxy) is 1. The van der Waals surface area contributed by atoms with Gasteiger partial charge in [0.15, 0.2) is 0 Å². The van der Waals surface area contributed by atoms with Crippen LogP contribution >= 0.6 is 0 Å². The summed E-state index contributed by atoms with van der Waals surface area (Å²) in [5.41, 5.74) is 0.0890. The van der Waals surface area contributed by atoms with Crippen LogP contribution in [0.2, 0.25) is 0 Å². The number of non-ortho nitro benzene ring substituents is 1. The molecular formula is C16H16N4O6. The molecule has 0 aliphatic heterocycles. The molecule has 0 saturated heterocycles. The van der Waals surface area contributed by atoms with Crippen molar-refractivity contribution in [3.63, 3.8) is 0 Å². The van der Waals surface area contributed by atoms with Gasteiger partial charge in [-0.15, -0.1) is 0 Å². The first-order valence-electron chi connectivity index (χ1n) is 7.66. The van der Waals surface area contributed by atoms with Crippen molar-refractivity contribution in [2.24, 2.45) is 0 Å². The summed E-state index contributed by atoms with van der Waals surface area (Å²) >= 11 is 0. The van der Waals surface area contributed by atoms with Gasteiger partial charge in [-0.1, -0.05) is 12.1 Å². The van der Waals surface area contributed by atoms with Crippen molar-refractivity contribution in [2.75, 3.05) is 13.2 Å². The summed E-state index contributed by atoms with van der Waals surface area (Å²) in [6, 6.07) is 8.37. The molecule has 0 saturated carbocycles. The van der Waals surface area contributed by atoms with E-state index >= 15 is 0 Å². The van der Waals surface area contributed by atoms with Gasteiger partial charge in [0.2, 0.25) is 5.91 Å². The zero-order chi connectivity index (χ0) is 19.1. The van der Waals surface area contributed by atoms with E-state index < -0.39 is 28.9 Å². The second-order valence-corrected chi connectivity index (χ2v) is 5.10. The van der Waals surface area contributed by atoms with Gasteiger partial charge < -0.3 is 10.1 Å². The Bertz CT molecular complexity index is 892. The van der Waals surface area contributed by atoms with E-state index in [4.69, 9.17) is 0 Å². The summed E-state index contributed by atoms with van der Waals surface area (Å²) in [6.07, 6.45) is 0. The van der Waals surface area contributed by atoms with E-state index in [1.165, 1.54) is 30.3 Å². The number of nitrogens with zero attached hydrogens (tertiary/aromatic N) is 3. The average Bonchev–Trinajstić information content (AvgIpc) is 2.62. The highest BCUT2D eigenvalue weighted by Gasteiger charge is 2.12. The van der Waals surface area contributed by atoms with E-state index in [2.05, 4.69) is 15.2 Å². The van der Waals surface area contributed by atoms with Crippen LogP contribution in [-0.4, -0.2) is 39.7 Å². The lowest BCUT2D eigenvalue weighted by molar-refractivity contribution is -0.384. The van der Waals surface area contributed by atoms with Crippen LogP contribution in [0.15, 0.2) is 41.2 Å². The molecule has 0 atom stereocenters. The number of nitrogens with one attached hydrogen (secondary N) is 1. The molecule has 1 N–H and O–H groups in total. The van der Waals surface area contributed by atoms with Crippen LogP contribution in [0, 0.1) is 10.1 Å². The van der Waals surface area contributed by atoms with E-state index in [1.54, 1.807) is 13.0 Å². The fraction of sp³-hybridized carbons (Fsp3) is 0.250. The predicted molar refractivity (Wildman–Crippen MR) is 90.2 cm³/mol. The molecule has 0 bridgehead atoms. The molecule has 136 valence electrons. The summed E-state index contributed by atoms with van der Waals surface area (Å²) < 4.78 is 5.59. The smallest absolute Gasteiger partial charge is 0.325 e. The van der Waals surface area contributed by atoms with Gasteiger partial charge in [0.25, 0.3) is 11.2 Å². The largest absolute Gasteiger partial charge is 0.465 e. The van der Waals surface area contributed by atoms with Gasteiger partial charge in [0.1, 0.15) is 13.1 Å². The fourth-order valence-corrected chi connectivity index (χ4v) is 2.07. The topological polar surface area (TPSA) is 133 Å². The van der Waals surface area contributed by atoms with Crippen LogP contribution in [0.3, 0.4) is 0 Å². The molecule has 0 unspecified atom stereocenters. The molecule has 1 aromatic carbocycles. The first-order chi connectivity index (χ1) is 12.4. The Labute approximate surface area is 147 Å². The number of aromatic nitrogens is 2. The molecule has 26 heavy (non-hydrogen) atoms. The zero-order valence-electron chi connectivity index (χ0n) is 13.9. The second kappa shape index (κ2) is 8.51. The second-order valence-electron chi connectivity index (χ2n) is 5.10. The van der Waals surface area contributed by atoms with Gasteiger partial charge >= 0.3 is 5.97 Å². The quantitative estimate of drug-likeness (QED) is 0.432. The number of carbonyl (C=O) groups is 2. The van der Waals surface area contributed by atoms with Crippen molar-refractivity contribution in [1.82, 2.24) is 15.1 Å². The fourth-order valence-electron chi connectivity index (χ4n) is 2.07. The molecule has 0 radical (unpaired) electrons. The molecule has 0 fully saturated rings. The minimum Gasteiger partial charge on any atom is -0.465 e. The van der Waals surface area contributed by atoms with Crippen LogP contribution in [0.25, 0.3) is 11.3 Å². The first-order valence-corrected chi connectivity index (χ1v) is 7.66. The van der Waals surface area contributed by atoms with Gasteiger partial charge in [0, 0.05) is 23.8 Å². The number of benzene rings is 1. The van der Waals surface area contributed by atoms with Crippen molar-refractivity contribution in [2.45, 2.75) is 13.5 Å². The Hall–Kier alpha value is -3.56. The first kappa shape index (κ1) is 18.8. The van der Waals surface area contributed by atoms with Gasteiger partial charge in [-0.25, -0.2) is 4.68 Å². The third-order valence-corrected chi connectivity index (χ3v) is 3.25. The van der Waals surface area contributed by atoms with Crippen LogP contribution < -0.4 is 10.9 Å². The Morgan fingerprint density at radius 2 is 2.08 bits per heavy atom. The highest BCUT2D eigenvalue weighted by atomic mass is 16.6.